The monoisotopic (exact) mass is 863 g/mol. The van der Waals surface area contributed by atoms with E-state index in [1.807, 2.05) is 0 Å². The minimum atomic E-state index is -0.805. The van der Waals surface area contributed by atoms with E-state index in [9.17, 15) is 14.4 Å². The van der Waals surface area contributed by atoms with Crippen molar-refractivity contribution in [2.45, 2.75) is 239 Å². The molecular formula is C56H94O6. The highest BCUT2D eigenvalue weighted by molar-refractivity contribution is 5.71. The van der Waals surface area contributed by atoms with E-state index in [1.54, 1.807) is 0 Å². The van der Waals surface area contributed by atoms with E-state index in [4.69, 9.17) is 14.2 Å². The van der Waals surface area contributed by atoms with Crippen molar-refractivity contribution in [2.75, 3.05) is 13.2 Å². The highest BCUT2D eigenvalue weighted by atomic mass is 16.6. The zero-order valence-electron chi connectivity index (χ0n) is 40.4. The van der Waals surface area contributed by atoms with E-state index in [0.717, 1.165) is 103 Å². The predicted molar refractivity (Wildman–Crippen MR) is 265 cm³/mol. The Labute approximate surface area is 382 Å². The van der Waals surface area contributed by atoms with Gasteiger partial charge < -0.3 is 14.2 Å². The molecule has 62 heavy (non-hydrogen) atoms. The van der Waals surface area contributed by atoms with Gasteiger partial charge in [0, 0.05) is 19.3 Å². The van der Waals surface area contributed by atoms with Crippen molar-refractivity contribution in [3.63, 3.8) is 0 Å². The number of esters is 3. The molecule has 0 N–H and O–H groups in total. The summed E-state index contributed by atoms with van der Waals surface area (Å²) in [5.74, 6) is -0.968. The standard InChI is InChI=1S/C56H94O6/c1-4-7-10-13-16-19-22-24-26-28-30-31-34-37-40-43-46-49-55(58)61-52-53(51-60-54(57)48-45-42-39-36-33-21-18-15-12-9-6-3)62-56(59)50-47-44-41-38-35-32-29-27-25-23-20-17-14-11-8-5-2/h8,11,15,17-18,20-21,24-27,32-33,35,53H,4-7,9-10,12-14,16,19,22-23,28-31,34,36-52H2,1-3H3/b11-8-,18-15-,20-17-,26-24-,27-25-,33-21-,35-32-. The molecule has 0 spiro atoms. The van der Waals surface area contributed by atoms with Crippen LogP contribution in [0.2, 0.25) is 0 Å². The fourth-order valence-electron chi connectivity index (χ4n) is 6.76. The largest absolute Gasteiger partial charge is 0.462 e. The quantitative estimate of drug-likeness (QED) is 0.0199. The molecule has 6 nitrogen and oxygen atoms in total. The fraction of sp³-hybridized carbons (Fsp3) is 0.696. The molecule has 0 fully saturated rings. The fourth-order valence-corrected chi connectivity index (χ4v) is 6.76. The smallest absolute Gasteiger partial charge is 0.306 e. The van der Waals surface area contributed by atoms with Gasteiger partial charge in [-0.3, -0.25) is 14.4 Å². The number of allylic oxidation sites excluding steroid dienone is 14. The van der Waals surface area contributed by atoms with Crippen LogP contribution < -0.4 is 0 Å². The summed E-state index contributed by atoms with van der Waals surface area (Å²) in [7, 11) is 0. The Morgan fingerprint density at radius 2 is 0.694 bits per heavy atom. The van der Waals surface area contributed by atoms with Crippen molar-refractivity contribution in [1.29, 1.82) is 0 Å². The summed E-state index contributed by atoms with van der Waals surface area (Å²) >= 11 is 0. The van der Waals surface area contributed by atoms with E-state index >= 15 is 0 Å². The minimum absolute atomic E-state index is 0.101. The van der Waals surface area contributed by atoms with Crippen LogP contribution in [0.4, 0.5) is 0 Å². The second-order valence-electron chi connectivity index (χ2n) is 16.7. The summed E-state index contributed by atoms with van der Waals surface area (Å²) in [4.78, 5) is 37.9. The number of hydrogen-bond acceptors (Lipinski definition) is 6. The normalized spacial score (nSPS) is 12.8. The Kier molecular flexibility index (Phi) is 47.5. The van der Waals surface area contributed by atoms with Crippen LogP contribution in [-0.4, -0.2) is 37.2 Å². The molecule has 0 aliphatic rings. The number of carbonyl (C=O) groups excluding carboxylic acids is 3. The first-order valence-electron chi connectivity index (χ1n) is 25.6. The number of rotatable bonds is 45. The summed E-state index contributed by atoms with van der Waals surface area (Å²) in [5, 5.41) is 0. The molecule has 1 unspecified atom stereocenters. The molecule has 0 saturated heterocycles. The first-order chi connectivity index (χ1) is 30.5. The molecule has 0 rings (SSSR count). The van der Waals surface area contributed by atoms with E-state index in [0.29, 0.717) is 12.8 Å². The second-order valence-corrected chi connectivity index (χ2v) is 16.7. The van der Waals surface area contributed by atoms with Crippen LogP contribution in [-0.2, 0) is 28.6 Å². The van der Waals surface area contributed by atoms with Crippen LogP contribution in [0.3, 0.4) is 0 Å². The third-order valence-electron chi connectivity index (χ3n) is 10.6. The second kappa shape index (κ2) is 50.2. The average molecular weight is 863 g/mol. The van der Waals surface area contributed by atoms with Gasteiger partial charge in [0.1, 0.15) is 13.2 Å². The number of carbonyl (C=O) groups is 3. The molecule has 354 valence electrons. The van der Waals surface area contributed by atoms with Crippen molar-refractivity contribution in [3.05, 3.63) is 85.1 Å². The molecule has 0 saturated carbocycles. The summed E-state index contributed by atoms with van der Waals surface area (Å²) < 4.78 is 16.7. The van der Waals surface area contributed by atoms with Crippen LogP contribution in [0.5, 0.6) is 0 Å². The van der Waals surface area contributed by atoms with Gasteiger partial charge in [0.05, 0.1) is 0 Å². The lowest BCUT2D eigenvalue weighted by molar-refractivity contribution is -0.167. The lowest BCUT2D eigenvalue weighted by atomic mass is 10.1. The maximum atomic E-state index is 12.8. The average Bonchev–Trinajstić information content (AvgIpc) is 3.27. The van der Waals surface area contributed by atoms with Crippen molar-refractivity contribution in [1.82, 2.24) is 0 Å². The number of hydrogen-bond donors (Lipinski definition) is 0. The Morgan fingerprint density at radius 1 is 0.355 bits per heavy atom. The minimum Gasteiger partial charge on any atom is -0.462 e. The maximum Gasteiger partial charge on any atom is 0.306 e. The van der Waals surface area contributed by atoms with Crippen LogP contribution in [0.25, 0.3) is 0 Å². The summed E-state index contributed by atoms with van der Waals surface area (Å²) in [5.41, 5.74) is 0. The molecule has 0 aromatic carbocycles. The van der Waals surface area contributed by atoms with Crippen molar-refractivity contribution in [2.24, 2.45) is 0 Å². The summed E-state index contributed by atoms with van der Waals surface area (Å²) in [6.07, 6.45) is 64.3. The van der Waals surface area contributed by atoms with Crippen molar-refractivity contribution >= 4 is 17.9 Å². The van der Waals surface area contributed by atoms with Crippen LogP contribution in [0.15, 0.2) is 85.1 Å². The molecule has 0 aromatic rings. The Morgan fingerprint density at radius 3 is 1.16 bits per heavy atom. The first-order valence-corrected chi connectivity index (χ1v) is 25.6. The molecule has 0 aliphatic carbocycles. The third-order valence-corrected chi connectivity index (χ3v) is 10.6. The van der Waals surface area contributed by atoms with E-state index in [1.165, 1.54) is 89.9 Å². The van der Waals surface area contributed by atoms with Crippen LogP contribution >= 0.6 is 0 Å². The Bertz CT molecular complexity index is 1220. The highest BCUT2D eigenvalue weighted by Gasteiger charge is 2.19. The van der Waals surface area contributed by atoms with Gasteiger partial charge >= 0.3 is 17.9 Å². The number of unbranched alkanes of at least 4 members (excludes halogenated alkanes) is 21. The molecule has 0 aliphatic heterocycles. The van der Waals surface area contributed by atoms with E-state index in [2.05, 4.69) is 106 Å². The van der Waals surface area contributed by atoms with Gasteiger partial charge in [0.15, 0.2) is 6.10 Å². The Hall–Kier alpha value is -3.41. The van der Waals surface area contributed by atoms with Gasteiger partial charge in [-0.25, -0.2) is 0 Å². The van der Waals surface area contributed by atoms with Crippen molar-refractivity contribution in [3.8, 4) is 0 Å². The van der Waals surface area contributed by atoms with E-state index < -0.39 is 6.10 Å². The van der Waals surface area contributed by atoms with Gasteiger partial charge in [-0.2, -0.15) is 0 Å². The zero-order valence-corrected chi connectivity index (χ0v) is 40.4. The van der Waals surface area contributed by atoms with Gasteiger partial charge in [0.25, 0.3) is 0 Å². The summed E-state index contributed by atoms with van der Waals surface area (Å²) in [6.45, 7) is 6.41. The third kappa shape index (κ3) is 47.6. The topological polar surface area (TPSA) is 78.9 Å². The molecule has 0 bridgehead atoms. The summed E-state index contributed by atoms with van der Waals surface area (Å²) in [6, 6.07) is 0. The highest BCUT2D eigenvalue weighted by Crippen LogP contribution is 2.13. The van der Waals surface area contributed by atoms with Crippen LogP contribution in [0.1, 0.15) is 233 Å². The SMILES string of the molecule is CC/C=C\C/C=C\C/C=C\C/C=C\CCCCCC(=O)OC(COC(=O)CCCCC/C=C\C=C/CCCC)COC(=O)CCCCCCCCC/C=C\CCCCCCCC. The van der Waals surface area contributed by atoms with Crippen LogP contribution in [0, 0.1) is 0 Å². The van der Waals surface area contributed by atoms with E-state index in [-0.39, 0.29) is 37.5 Å². The molecular weight excluding hydrogens is 769 g/mol. The molecule has 6 heteroatoms. The molecule has 0 amide bonds. The van der Waals surface area contributed by atoms with Gasteiger partial charge in [-0.15, -0.1) is 0 Å². The predicted octanol–water partition coefficient (Wildman–Crippen LogP) is 16.8. The number of ether oxygens (including phenoxy) is 3. The first kappa shape index (κ1) is 58.6. The van der Waals surface area contributed by atoms with Gasteiger partial charge in [-0.1, -0.05) is 196 Å². The lowest BCUT2D eigenvalue weighted by Gasteiger charge is -2.18. The van der Waals surface area contributed by atoms with Crippen molar-refractivity contribution < 1.29 is 28.6 Å². The van der Waals surface area contributed by atoms with Gasteiger partial charge in [0.2, 0.25) is 0 Å². The Balaban J connectivity index is 4.45. The maximum absolute atomic E-state index is 12.8. The molecule has 1 atom stereocenters. The lowest BCUT2D eigenvalue weighted by Crippen LogP contribution is -2.30. The molecule has 0 heterocycles. The molecule has 0 aromatic heterocycles. The molecule has 0 radical (unpaired) electrons. The zero-order chi connectivity index (χ0) is 45.1. The van der Waals surface area contributed by atoms with Gasteiger partial charge in [-0.05, 0) is 103 Å².